The molecule has 0 bridgehead atoms. The normalized spacial score (nSPS) is 17.2. The van der Waals surface area contributed by atoms with Gasteiger partial charge in [0.1, 0.15) is 0 Å². The Labute approximate surface area is 174 Å². The van der Waals surface area contributed by atoms with Gasteiger partial charge in [0.05, 0.1) is 20.1 Å². The van der Waals surface area contributed by atoms with Crippen LogP contribution < -0.4 is 23.8 Å². The summed E-state index contributed by atoms with van der Waals surface area (Å²) in [6.07, 6.45) is 0.179. The Hall–Kier alpha value is -3.42. The Morgan fingerprint density at radius 2 is 1.87 bits per heavy atom. The van der Waals surface area contributed by atoms with E-state index in [4.69, 9.17) is 18.9 Å². The topological polar surface area (TPSA) is 77.5 Å². The van der Waals surface area contributed by atoms with Gasteiger partial charge < -0.3 is 28.7 Å². The van der Waals surface area contributed by atoms with Gasteiger partial charge in [-0.2, -0.15) is 0 Å². The smallest absolute Gasteiger partial charge is 0.231 e. The lowest BCUT2D eigenvalue weighted by Crippen LogP contribution is -2.34. The van der Waals surface area contributed by atoms with Gasteiger partial charge in [0.15, 0.2) is 23.0 Å². The Balaban J connectivity index is 1.43. The molecule has 0 radical (unpaired) electrons. The van der Waals surface area contributed by atoms with E-state index >= 15 is 0 Å². The molecule has 8 nitrogen and oxygen atoms in total. The first-order chi connectivity index (χ1) is 14.5. The number of anilines is 1. The standard InChI is InChI=1S/C22H24N2O6/c1-23(11-14-4-6-18-20(8-14)30-13-29-18)22(26)15-9-21(25)24(12-15)16-5-7-17(27-2)19(10-16)28-3/h4-8,10,15H,9,11-13H2,1-3H3. The van der Waals surface area contributed by atoms with Crippen LogP contribution in [-0.4, -0.2) is 51.3 Å². The number of carbonyl (C=O) groups is 2. The van der Waals surface area contributed by atoms with Crippen LogP contribution in [0.3, 0.4) is 0 Å². The van der Waals surface area contributed by atoms with Crippen LogP contribution in [0.4, 0.5) is 5.69 Å². The van der Waals surface area contributed by atoms with E-state index in [1.54, 1.807) is 49.3 Å². The molecule has 0 aliphatic carbocycles. The molecule has 2 heterocycles. The number of amides is 2. The number of hydrogen-bond acceptors (Lipinski definition) is 6. The summed E-state index contributed by atoms with van der Waals surface area (Å²) in [5.74, 6) is 1.97. The van der Waals surface area contributed by atoms with E-state index in [-0.39, 0.29) is 25.0 Å². The van der Waals surface area contributed by atoms with Crippen LogP contribution >= 0.6 is 0 Å². The third-order valence-corrected chi connectivity index (χ3v) is 5.39. The second-order valence-electron chi connectivity index (χ2n) is 7.33. The quantitative estimate of drug-likeness (QED) is 0.725. The van der Waals surface area contributed by atoms with E-state index in [1.165, 1.54) is 0 Å². The lowest BCUT2D eigenvalue weighted by Gasteiger charge is -2.22. The molecule has 0 saturated carbocycles. The van der Waals surface area contributed by atoms with Crippen LogP contribution in [0.15, 0.2) is 36.4 Å². The number of benzene rings is 2. The van der Waals surface area contributed by atoms with Gasteiger partial charge in [-0.3, -0.25) is 9.59 Å². The largest absolute Gasteiger partial charge is 0.493 e. The lowest BCUT2D eigenvalue weighted by atomic mass is 10.1. The van der Waals surface area contributed by atoms with Gasteiger partial charge in [-0.05, 0) is 29.8 Å². The van der Waals surface area contributed by atoms with Gasteiger partial charge in [0.2, 0.25) is 18.6 Å². The molecule has 8 heteroatoms. The van der Waals surface area contributed by atoms with E-state index in [2.05, 4.69) is 0 Å². The van der Waals surface area contributed by atoms with Crippen molar-refractivity contribution in [1.82, 2.24) is 4.90 Å². The predicted octanol–water partition coefficient (Wildman–Crippen LogP) is 2.44. The van der Waals surface area contributed by atoms with Crippen LogP contribution in [0, 0.1) is 5.92 Å². The van der Waals surface area contributed by atoms with Crippen LogP contribution in [-0.2, 0) is 16.1 Å². The van der Waals surface area contributed by atoms with Gasteiger partial charge in [-0.15, -0.1) is 0 Å². The van der Waals surface area contributed by atoms with Crippen LogP contribution in [0.1, 0.15) is 12.0 Å². The summed E-state index contributed by atoms with van der Waals surface area (Å²) in [7, 11) is 4.85. The molecule has 0 N–H and O–H groups in total. The first-order valence-electron chi connectivity index (χ1n) is 9.66. The third-order valence-electron chi connectivity index (χ3n) is 5.39. The van der Waals surface area contributed by atoms with Crippen LogP contribution in [0.2, 0.25) is 0 Å². The first-order valence-corrected chi connectivity index (χ1v) is 9.66. The minimum atomic E-state index is -0.399. The zero-order chi connectivity index (χ0) is 21.3. The summed E-state index contributed by atoms with van der Waals surface area (Å²) in [6, 6.07) is 10.9. The molecule has 2 amide bonds. The Morgan fingerprint density at radius 3 is 2.63 bits per heavy atom. The fourth-order valence-corrected chi connectivity index (χ4v) is 3.82. The molecule has 1 fully saturated rings. The summed E-state index contributed by atoms with van der Waals surface area (Å²) < 4.78 is 21.3. The lowest BCUT2D eigenvalue weighted by molar-refractivity contribution is -0.135. The van der Waals surface area contributed by atoms with Crippen molar-refractivity contribution in [3.63, 3.8) is 0 Å². The number of methoxy groups -OCH3 is 2. The highest BCUT2D eigenvalue weighted by Gasteiger charge is 2.36. The highest BCUT2D eigenvalue weighted by atomic mass is 16.7. The van der Waals surface area contributed by atoms with Gasteiger partial charge in [-0.1, -0.05) is 6.07 Å². The predicted molar refractivity (Wildman–Crippen MR) is 109 cm³/mol. The molecule has 1 atom stereocenters. The maximum Gasteiger partial charge on any atom is 0.231 e. The van der Waals surface area contributed by atoms with E-state index in [1.807, 2.05) is 18.2 Å². The number of hydrogen-bond donors (Lipinski definition) is 0. The fourth-order valence-electron chi connectivity index (χ4n) is 3.82. The summed E-state index contributed by atoms with van der Waals surface area (Å²) in [5, 5.41) is 0. The number of fused-ring (bicyclic) bond motifs is 1. The van der Waals surface area contributed by atoms with E-state index in [0.717, 1.165) is 5.56 Å². The second kappa shape index (κ2) is 8.14. The fraction of sp³-hybridized carbons (Fsp3) is 0.364. The zero-order valence-electron chi connectivity index (χ0n) is 17.2. The van der Waals surface area contributed by atoms with Gasteiger partial charge in [0, 0.05) is 38.3 Å². The zero-order valence-corrected chi connectivity index (χ0v) is 17.2. The average Bonchev–Trinajstić information content (AvgIpc) is 3.38. The van der Waals surface area contributed by atoms with Gasteiger partial charge in [-0.25, -0.2) is 0 Å². The maximum absolute atomic E-state index is 13.0. The molecule has 2 aliphatic heterocycles. The Morgan fingerprint density at radius 1 is 1.10 bits per heavy atom. The summed E-state index contributed by atoms with van der Waals surface area (Å²) in [5.41, 5.74) is 1.63. The molecule has 1 saturated heterocycles. The Kier molecular flexibility index (Phi) is 5.39. The van der Waals surface area contributed by atoms with Crippen molar-refractivity contribution in [2.75, 3.05) is 39.5 Å². The molecule has 2 aromatic carbocycles. The monoisotopic (exact) mass is 412 g/mol. The van der Waals surface area contributed by atoms with E-state index < -0.39 is 5.92 Å². The Bertz CT molecular complexity index is 976. The van der Waals surface area contributed by atoms with Crippen molar-refractivity contribution in [3.05, 3.63) is 42.0 Å². The SMILES string of the molecule is COc1ccc(N2CC(C(=O)N(C)Cc3ccc4c(c3)OCO4)CC2=O)cc1OC. The summed E-state index contributed by atoms with van der Waals surface area (Å²) in [6.45, 7) is 0.971. The minimum absolute atomic E-state index is 0.0657. The van der Waals surface area contributed by atoms with Crippen molar-refractivity contribution in [2.45, 2.75) is 13.0 Å². The van der Waals surface area contributed by atoms with Gasteiger partial charge >= 0.3 is 0 Å². The third kappa shape index (κ3) is 3.72. The molecule has 30 heavy (non-hydrogen) atoms. The highest BCUT2D eigenvalue weighted by molar-refractivity contribution is 6.00. The van der Waals surface area contributed by atoms with Crippen molar-refractivity contribution in [2.24, 2.45) is 5.92 Å². The molecule has 0 spiro atoms. The van der Waals surface area contributed by atoms with E-state index in [0.29, 0.717) is 41.8 Å². The minimum Gasteiger partial charge on any atom is -0.493 e. The summed E-state index contributed by atoms with van der Waals surface area (Å²) >= 11 is 0. The molecule has 4 rings (SSSR count). The maximum atomic E-state index is 13.0. The average molecular weight is 412 g/mol. The van der Waals surface area contributed by atoms with Crippen molar-refractivity contribution < 1.29 is 28.5 Å². The van der Waals surface area contributed by atoms with Crippen molar-refractivity contribution in [3.8, 4) is 23.0 Å². The molecular formula is C22H24N2O6. The molecule has 158 valence electrons. The molecule has 2 aromatic rings. The van der Waals surface area contributed by atoms with Crippen molar-refractivity contribution in [1.29, 1.82) is 0 Å². The van der Waals surface area contributed by atoms with Crippen LogP contribution in [0.25, 0.3) is 0 Å². The second-order valence-corrected chi connectivity index (χ2v) is 7.33. The number of carbonyl (C=O) groups excluding carboxylic acids is 2. The molecule has 2 aliphatic rings. The summed E-state index contributed by atoms with van der Waals surface area (Å²) in [4.78, 5) is 28.9. The molecule has 0 aromatic heterocycles. The molecular weight excluding hydrogens is 388 g/mol. The highest BCUT2D eigenvalue weighted by Crippen LogP contribution is 2.35. The molecule has 1 unspecified atom stereocenters. The van der Waals surface area contributed by atoms with E-state index in [9.17, 15) is 9.59 Å². The first kappa shape index (κ1) is 19.9. The van der Waals surface area contributed by atoms with Crippen LogP contribution in [0.5, 0.6) is 23.0 Å². The van der Waals surface area contributed by atoms with Crippen molar-refractivity contribution >= 4 is 17.5 Å². The number of nitrogens with zero attached hydrogens (tertiary/aromatic N) is 2. The number of rotatable bonds is 6. The number of ether oxygens (including phenoxy) is 4. The van der Waals surface area contributed by atoms with Gasteiger partial charge in [0.25, 0.3) is 0 Å².